The molecule has 1 aliphatic rings. The van der Waals surface area contributed by atoms with Gasteiger partial charge in [-0.05, 0) is 50.7 Å². The van der Waals surface area contributed by atoms with E-state index in [0.29, 0.717) is 24.8 Å². The van der Waals surface area contributed by atoms with E-state index in [1.165, 1.54) is 0 Å². The van der Waals surface area contributed by atoms with Crippen molar-refractivity contribution in [1.82, 2.24) is 20.5 Å². The Balaban J connectivity index is 0.00000450. The van der Waals surface area contributed by atoms with Crippen LogP contribution in [-0.2, 0) is 11.3 Å². The zero-order valence-corrected chi connectivity index (χ0v) is 21.1. The molecule has 1 amide bonds. The van der Waals surface area contributed by atoms with Crippen LogP contribution in [0.25, 0.3) is 0 Å². The normalized spacial score (nSPS) is 15.2. The molecular formula is C22H38IN5O2. The van der Waals surface area contributed by atoms with Crippen molar-refractivity contribution in [2.45, 2.75) is 66.0 Å². The molecule has 1 atom stereocenters. The number of aromatic nitrogens is 1. The van der Waals surface area contributed by atoms with Gasteiger partial charge in [0.25, 0.3) is 0 Å². The Morgan fingerprint density at radius 1 is 1.33 bits per heavy atom. The molecule has 0 bridgehead atoms. The predicted octanol–water partition coefficient (Wildman–Crippen LogP) is 3.58. The molecule has 1 aliphatic heterocycles. The molecule has 1 unspecified atom stereocenters. The van der Waals surface area contributed by atoms with E-state index in [0.717, 1.165) is 57.0 Å². The van der Waals surface area contributed by atoms with Gasteiger partial charge in [0.15, 0.2) is 5.96 Å². The fourth-order valence-corrected chi connectivity index (χ4v) is 3.46. The number of carbonyl (C=O) groups excluding carboxylic acids is 1. The summed E-state index contributed by atoms with van der Waals surface area (Å²) in [7, 11) is 0. The Morgan fingerprint density at radius 3 is 2.80 bits per heavy atom. The van der Waals surface area contributed by atoms with E-state index in [1.807, 2.05) is 17.0 Å². The number of hydrogen-bond donors (Lipinski definition) is 2. The first-order valence-corrected chi connectivity index (χ1v) is 10.9. The van der Waals surface area contributed by atoms with Crippen molar-refractivity contribution >= 4 is 35.8 Å². The van der Waals surface area contributed by atoms with Gasteiger partial charge in [-0.15, -0.1) is 24.0 Å². The largest absolute Gasteiger partial charge is 0.475 e. The van der Waals surface area contributed by atoms with Crippen molar-refractivity contribution < 1.29 is 9.53 Å². The number of hydrogen-bond acceptors (Lipinski definition) is 4. The predicted molar refractivity (Wildman–Crippen MR) is 132 cm³/mol. The molecule has 2 heterocycles. The first kappa shape index (κ1) is 26.5. The fourth-order valence-electron chi connectivity index (χ4n) is 3.46. The van der Waals surface area contributed by atoms with Crippen LogP contribution in [0, 0.1) is 5.92 Å². The highest BCUT2D eigenvalue weighted by Crippen LogP contribution is 2.15. The number of guanidine groups is 1. The van der Waals surface area contributed by atoms with Crippen LogP contribution in [0.2, 0.25) is 0 Å². The summed E-state index contributed by atoms with van der Waals surface area (Å²) in [6.45, 7) is 12.4. The molecule has 0 spiro atoms. The number of ether oxygens (including phenoxy) is 1. The number of rotatable bonds is 11. The van der Waals surface area contributed by atoms with E-state index in [2.05, 4.69) is 48.3 Å². The zero-order chi connectivity index (χ0) is 21.1. The summed E-state index contributed by atoms with van der Waals surface area (Å²) in [6, 6.07) is 3.93. The first-order chi connectivity index (χ1) is 14.0. The number of amides is 1. The third-order valence-corrected chi connectivity index (χ3v) is 4.76. The van der Waals surface area contributed by atoms with Crippen molar-refractivity contribution in [2.75, 3.05) is 26.2 Å². The minimum absolute atomic E-state index is 0. The summed E-state index contributed by atoms with van der Waals surface area (Å²) < 4.78 is 5.93. The SMILES string of the molecule is CCNC(=NCc1ccnc(OC(C)CC(C)C)c1)NCCCN1CCCC1=O.I. The lowest BCUT2D eigenvalue weighted by Gasteiger charge is -2.17. The van der Waals surface area contributed by atoms with Gasteiger partial charge in [-0.25, -0.2) is 9.98 Å². The summed E-state index contributed by atoms with van der Waals surface area (Å²) in [5.41, 5.74) is 1.06. The molecule has 170 valence electrons. The Labute approximate surface area is 198 Å². The quantitative estimate of drug-likeness (QED) is 0.198. The molecule has 30 heavy (non-hydrogen) atoms. The van der Waals surface area contributed by atoms with Crippen LogP contribution in [0.5, 0.6) is 5.88 Å². The lowest BCUT2D eigenvalue weighted by molar-refractivity contribution is -0.127. The molecule has 1 saturated heterocycles. The number of aliphatic imine (C=N–C) groups is 1. The van der Waals surface area contributed by atoms with Gasteiger partial charge in [-0.3, -0.25) is 4.79 Å². The summed E-state index contributed by atoms with van der Waals surface area (Å²) in [5.74, 6) is 2.31. The van der Waals surface area contributed by atoms with Crippen molar-refractivity contribution in [3.63, 3.8) is 0 Å². The van der Waals surface area contributed by atoms with Crippen molar-refractivity contribution in [3.8, 4) is 5.88 Å². The smallest absolute Gasteiger partial charge is 0.222 e. The second-order valence-corrected chi connectivity index (χ2v) is 8.02. The van der Waals surface area contributed by atoms with E-state index in [1.54, 1.807) is 6.20 Å². The van der Waals surface area contributed by atoms with Crippen LogP contribution in [-0.4, -0.2) is 54.0 Å². The van der Waals surface area contributed by atoms with Gasteiger partial charge in [-0.1, -0.05) is 13.8 Å². The van der Waals surface area contributed by atoms with Gasteiger partial charge in [0.2, 0.25) is 11.8 Å². The zero-order valence-electron chi connectivity index (χ0n) is 18.8. The van der Waals surface area contributed by atoms with Crippen LogP contribution in [0.1, 0.15) is 58.9 Å². The molecule has 0 saturated carbocycles. The molecule has 0 aliphatic carbocycles. The lowest BCUT2D eigenvalue weighted by Crippen LogP contribution is -2.39. The average molecular weight is 531 g/mol. The third-order valence-electron chi connectivity index (χ3n) is 4.76. The van der Waals surface area contributed by atoms with Gasteiger partial charge in [0, 0.05) is 44.9 Å². The highest BCUT2D eigenvalue weighted by Gasteiger charge is 2.18. The number of pyridine rings is 1. The van der Waals surface area contributed by atoms with Gasteiger partial charge in [0.1, 0.15) is 0 Å². The first-order valence-electron chi connectivity index (χ1n) is 10.9. The van der Waals surface area contributed by atoms with Gasteiger partial charge in [-0.2, -0.15) is 0 Å². The number of nitrogens with one attached hydrogen (secondary N) is 2. The Bertz CT molecular complexity index is 669. The number of halogens is 1. The highest BCUT2D eigenvalue weighted by molar-refractivity contribution is 14.0. The summed E-state index contributed by atoms with van der Waals surface area (Å²) in [6.07, 6.45) is 5.52. The van der Waals surface area contributed by atoms with Crippen LogP contribution < -0.4 is 15.4 Å². The van der Waals surface area contributed by atoms with Crippen LogP contribution in [0.15, 0.2) is 23.3 Å². The monoisotopic (exact) mass is 531 g/mol. The molecule has 8 heteroatoms. The maximum absolute atomic E-state index is 11.7. The molecule has 1 fully saturated rings. The van der Waals surface area contributed by atoms with Crippen molar-refractivity contribution in [3.05, 3.63) is 23.9 Å². The minimum Gasteiger partial charge on any atom is -0.475 e. The molecule has 0 radical (unpaired) electrons. The van der Waals surface area contributed by atoms with Crippen LogP contribution in [0.3, 0.4) is 0 Å². The van der Waals surface area contributed by atoms with Gasteiger partial charge in [0.05, 0.1) is 12.6 Å². The Hall–Kier alpha value is -1.58. The van der Waals surface area contributed by atoms with Gasteiger partial charge < -0.3 is 20.3 Å². The van der Waals surface area contributed by atoms with E-state index >= 15 is 0 Å². The van der Waals surface area contributed by atoms with Crippen molar-refractivity contribution in [1.29, 1.82) is 0 Å². The van der Waals surface area contributed by atoms with Crippen LogP contribution in [0.4, 0.5) is 0 Å². The number of nitrogens with zero attached hydrogens (tertiary/aromatic N) is 3. The van der Waals surface area contributed by atoms with Crippen molar-refractivity contribution in [2.24, 2.45) is 10.9 Å². The van der Waals surface area contributed by atoms with E-state index in [-0.39, 0.29) is 36.0 Å². The topological polar surface area (TPSA) is 78.9 Å². The average Bonchev–Trinajstić information content (AvgIpc) is 3.07. The molecule has 1 aromatic rings. The second-order valence-electron chi connectivity index (χ2n) is 8.02. The minimum atomic E-state index is 0. The van der Waals surface area contributed by atoms with Crippen LogP contribution >= 0.6 is 24.0 Å². The molecule has 7 nitrogen and oxygen atoms in total. The standard InChI is InChI=1S/C22H37N5O2.HI/c1-5-23-22(25-10-7-13-27-12-6-8-21(27)28)26-16-19-9-11-24-20(15-19)29-18(4)14-17(2)3;/h9,11,15,17-18H,5-8,10,12-14,16H2,1-4H3,(H2,23,25,26);1H. The number of carbonyl (C=O) groups is 1. The van der Waals surface area contributed by atoms with Gasteiger partial charge >= 0.3 is 0 Å². The maximum Gasteiger partial charge on any atom is 0.222 e. The molecular weight excluding hydrogens is 493 g/mol. The van der Waals surface area contributed by atoms with E-state index in [4.69, 9.17) is 4.74 Å². The molecule has 2 N–H and O–H groups in total. The summed E-state index contributed by atoms with van der Waals surface area (Å²) in [4.78, 5) is 22.6. The summed E-state index contributed by atoms with van der Waals surface area (Å²) in [5, 5.41) is 6.62. The highest BCUT2D eigenvalue weighted by atomic mass is 127. The summed E-state index contributed by atoms with van der Waals surface area (Å²) >= 11 is 0. The second kappa shape index (κ2) is 14.4. The number of likely N-dealkylation sites (tertiary alicyclic amines) is 1. The Morgan fingerprint density at radius 2 is 2.13 bits per heavy atom. The molecule has 1 aromatic heterocycles. The maximum atomic E-state index is 11.7. The van der Waals surface area contributed by atoms with E-state index < -0.39 is 0 Å². The third kappa shape index (κ3) is 9.95. The molecule has 0 aromatic carbocycles. The fraction of sp³-hybridized carbons (Fsp3) is 0.682. The van der Waals surface area contributed by atoms with E-state index in [9.17, 15) is 4.79 Å². The molecule has 2 rings (SSSR count). The lowest BCUT2D eigenvalue weighted by atomic mass is 10.1. The Kier molecular flexibility index (Phi) is 12.7.